The molecule has 2 amide bonds. The third kappa shape index (κ3) is 3.29. The summed E-state index contributed by atoms with van der Waals surface area (Å²) in [5.74, 6) is -1.95. The summed E-state index contributed by atoms with van der Waals surface area (Å²) in [4.78, 5) is 35.9. The predicted octanol–water partition coefficient (Wildman–Crippen LogP) is 0.744. The van der Waals surface area contributed by atoms with Crippen LogP contribution in [0.5, 0.6) is 0 Å². The number of amides is 2. The molecule has 1 heterocycles. The van der Waals surface area contributed by atoms with Gasteiger partial charge in [-0.3, -0.25) is 9.59 Å². The number of rotatable bonds is 5. The molecule has 6 nitrogen and oxygen atoms in total. The molecule has 112 valence electrons. The fraction of sp³-hybridized carbons (Fsp3) is 0.786. The first-order chi connectivity index (χ1) is 9.49. The Balaban J connectivity index is 2.02. The molecule has 0 aromatic heterocycles. The highest BCUT2D eigenvalue weighted by Gasteiger charge is 2.40. The second-order valence-corrected chi connectivity index (χ2v) is 5.94. The Morgan fingerprint density at radius 2 is 1.95 bits per heavy atom. The van der Waals surface area contributed by atoms with Crippen molar-refractivity contribution in [3.8, 4) is 0 Å². The maximum atomic E-state index is 11.9. The smallest absolute Gasteiger partial charge is 0.326 e. The van der Waals surface area contributed by atoms with Crippen molar-refractivity contribution in [2.75, 3.05) is 6.54 Å². The summed E-state index contributed by atoms with van der Waals surface area (Å²) >= 11 is 0. The second kappa shape index (κ2) is 6.24. The predicted molar refractivity (Wildman–Crippen MR) is 71.6 cm³/mol. The SMILES string of the molecule is NC(=O)C1CC(=O)N([C@@H](CC2CCCCC2)C(=O)O)C1. The van der Waals surface area contributed by atoms with Crippen molar-refractivity contribution in [3.05, 3.63) is 0 Å². The fourth-order valence-corrected chi connectivity index (χ4v) is 3.32. The van der Waals surface area contributed by atoms with Crippen LogP contribution in [0, 0.1) is 11.8 Å². The summed E-state index contributed by atoms with van der Waals surface area (Å²) in [5.41, 5.74) is 5.22. The lowest BCUT2D eigenvalue weighted by Gasteiger charge is -2.30. The zero-order valence-electron chi connectivity index (χ0n) is 11.6. The minimum absolute atomic E-state index is 0.0454. The van der Waals surface area contributed by atoms with E-state index in [9.17, 15) is 19.5 Å². The summed E-state index contributed by atoms with van der Waals surface area (Å²) in [6, 6.07) is -0.810. The van der Waals surface area contributed by atoms with Gasteiger partial charge < -0.3 is 15.7 Å². The Kier molecular flexibility index (Phi) is 4.62. The van der Waals surface area contributed by atoms with Gasteiger partial charge in [0.25, 0.3) is 0 Å². The Labute approximate surface area is 118 Å². The number of hydrogen-bond donors (Lipinski definition) is 2. The first kappa shape index (κ1) is 14.8. The molecule has 2 atom stereocenters. The highest BCUT2D eigenvalue weighted by atomic mass is 16.4. The molecule has 2 fully saturated rings. The number of carbonyl (C=O) groups is 3. The number of nitrogens with zero attached hydrogens (tertiary/aromatic N) is 1. The molecule has 2 aliphatic rings. The number of primary amides is 1. The quantitative estimate of drug-likeness (QED) is 0.776. The van der Waals surface area contributed by atoms with E-state index in [-0.39, 0.29) is 18.9 Å². The molecular formula is C14H22N2O4. The molecule has 1 unspecified atom stereocenters. The van der Waals surface area contributed by atoms with E-state index < -0.39 is 23.8 Å². The van der Waals surface area contributed by atoms with Gasteiger partial charge in [-0.15, -0.1) is 0 Å². The Hall–Kier alpha value is -1.59. The van der Waals surface area contributed by atoms with Crippen LogP contribution in [0.25, 0.3) is 0 Å². The van der Waals surface area contributed by atoms with E-state index in [4.69, 9.17) is 5.73 Å². The Morgan fingerprint density at radius 3 is 2.45 bits per heavy atom. The number of carboxylic acid groups (broad SMARTS) is 1. The Bertz CT molecular complexity index is 404. The number of nitrogens with two attached hydrogens (primary N) is 1. The molecule has 1 saturated carbocycles. The van der Waals surface area contributed by atoms with Crippen LogP contribution in [0.2, 0.25) is 0 Å². The van der Waals surface area contributed by atoms with Crippen molar-refractivity contribution in [3.63, 3.8) is 0 Å². The zero-order chi connectivity index (χ0) is 14.7. The van der Waals surface area contributed by atoms with Crippen LogP contribution < -0.4 is 5.73 Å². The number of carbonyl (C=O) groups excluding carboxylic acids is 2. The normalized spacial score (nSPS) is 25.7. The van der Waals surface area contributed by atoms with Crippen LogP contribution in [0.15, 0.2) is 0 Å². The minimum Gasteiger partial charge on any atom is -0.480 e. The van der Waals surface area contributed by atoms with Crippen LogP contribution in [0.3, 0.4) is 0 Å². The van der Waals surface area contributed by atoms with Crippen LogP contribution >= 0.6 is 0 Å². The molecule has 3 N–H and O–H groups in total. The minimum atomic E-state index is -0.978. The molecule has 0 bridgehead atoms. The first-order valence-corrected chi connectivity index (χ1v) is 7.30. The fourth-order valence-electron chi connectivity index (χ4n) is 3.32. The average Bonchev–Trinajstić information content (AvgIpc) is 2.79. The van der Waals surface area contributed by atoms with Gasteiger partial charge in [0.15, 0.2) is 0 Å². The molecule has 0 aromatic carbocycles. The van der Waals surface area contributed by atoms with Gasteiger partial charge in [-0.05, 0) is 12.3 Å². The monoisotopic (exact) mass is 282 g/mol. The third-order valence-corrected chi connectivity index (χ3v) is 4.50. The molecule has 1 aliphatic carbocycles. The van der Waals surface area contributed by atoms with Gasteiger partial charge in [-0.25, -0.2) is 4.79 Å². The summed E-state index contributed by atoms with van der Waals surface area (Å²) < 4.78 is 0. The van der Waals surface area contributed by atoms with Gasteiger partial charge in [-0.2, -0.15) is 0 Å². The van der Waals surface area contributed by atoms with Gasteiger partial charge in [-0.1, -0.05) is 32.1 Å². The molecule has 0 aromatic rings. The van der Waals surface area contributed by atoms with Gasteiger partial charge in [0.2, 0.25) is 11.8 Å². The van der Waals surface area contributed by atoms with E-state index in [0.29, 0.717) is 12.3 Å². The van der Waals surface area contributed by atoms with E-state index in [0.717, 1.165) is 25.7 Å². The van der Waals surface area contributed by atoms with E-state index in [1.54, 1.807) is 0 Å². The van der Waals surface area contributed by atoms with Crippen molar-refractivity contribution < 1.29 is 19.5 Å². The molecule has 1 saturated heterocycles. The lowest BCUT2D eigenvalue weighted by Crippen LogP contribution is -2.44. The largest absolute Gasteiger partial charge is 0.480 e. The maximum absolute atomic E-state index is 11.9. The van der Waals surface area contributed by atoms with Gasteiger partial charge in [0, 0.05) is 13.0 Å². The van der Waals surface area contributed by atoms with Gasteiger partial charge >= 0.3 is 5.97 Å². The number of hydrogen-bond acceptors (Lipinski definition) is 3. The van der Waals surface area contributed by atoms with Crippen molar-refractivity contribution in [1.29, 1.82) is 0 Å². The number of aliphatic carboxylic acids is 1. The molecule has 0 spiro atoms. The highest BCUT2D eigenvalue weighted by molar-refractivity contribution is 5.91. The molecular weight excluding hydrogens is 260 g/mol. The molecule has 2 rings (SSSR count). The first-order valence-electron chi connectivity index (χ1n) is 7.30. The summed E-state index contributed by atoms with van der Waals surface area (Å²) in [6.07, 6.45) is 6.08. The second-order valence-electron chi connectivity index (χ2n) is 5.94. The summed E-state index contributed by atoms with van der Waals surface area (Å²) in [7, 11) is 0. The maximum Gasteiger partial charge on any atom is 0.326 e. The van der Waals surface area contributed by atoms with Crippen molar-refractivity contribution in [2.24, 2.45) is 17.6 Å². The van der Waals surface area contributed by atoms with E-state index in [1.165, 1.54) is 11.3 Å². The zero-order valence-corrected chi connectivity index (χ0v) is 11.6. The van der Waals surface area contributed by atoms with Crippen LogP contribution in [-0.4, -0.2) is 40.4 Å². The van der Waals surface area contributed by atoms with Crippen molar-refractivity contribution in [1.82, 2.24) is 4.90 Å². The molecule has 20 heavy (non-hydrogen) atoms. The van der Waals surface area contributed by atoms with Crippen LogP contribution in [0.4, 0.5) is 0 Å². The lowest BCUT2D eigenvalue weighted by molar-refractivity contribution is -0.149. The van der Waals surface area contributed by atoms with Gasteiger partial charge in [0.05, 0.1) is 5.92 Å². The van der Waals surface area contributed by atoms with Crippen LogP contribution in [0.1, 0.15) is 44.9 Å². The van der Waals surface area contributed by atoms with E-state index in [2.05, 4.69) is 0 Å². The standard InChI is InChI=1S/C14H22N2O4/c15-13(18)10-7-12(17)16(8-10)11(14(19)20)6-9-4-2-1-3-5-9/h9-11H,1-8H2,(H2,15,18)(H,19,20)/t10?,11-/m0/s1. The van der Waals surface area contributed by atoms with E-state index >= 15 is 0 Å². The summed E-state index contributed by atoms with van der Waals surface area (Å²) in [5, 5.41) is 9.40. The Morgan fingerprint density at radius 1 is 1.30 bits per heavy atom. The molecule has 1 aliphatic heterocycles. The van der Waals surface area contributed by atoms with E-state index in [1.807, 2.05) is 0 Å². The number of carboxylic acids is 1. The van der Waals surface area contributed by atoms with Crippen LogP contribution in [-0.2, 0) is 14.4 Å². The van der Waals surface area contributed by atoms with Crippen molar-refractivity contribution in [2.45, 2.75) is 51.0 Å². The third-order valence-electron chi connectivity index (χ3n) is 4.50. The topological polar surface area (TPSA) is 101 Å². The average molecular weight is 282 g/mol. The molecule has 6 heteroatoms. The number of likely N-dealkylation sites (tertiary alicyclic amines) is 1. The van der Waals surface area contributed by atoms with Crippen molar-refractivity contribution >= 4 is 17.8 Å². The highest BCUT2D eigenvalue weighted by Crippen LogP contribution is 2.30. The summed E-state index contributed by atoms with van der Waals surface area (Å²) in [6.45, 7) is 0.151. The molecule has 0 radical (unpaired) electrons. The van der Waals surface area contributed by atoms with Gasteiger partial charge in [0.1, 0.15) is 6.04 Å². The lowest BCUT2D eigenvalue weighted by atomic mass is 9.84.